The molecule has 0 saturated heterocycles. The summed E-state index contributed by atoms with van der Waals surface area (Å²) in [5, 5.41) is -1.43. The zero-order valence-corrected chi connectivity index (χ0v) is 8.59. The highest BCUT2D eigenvalue weighted by Crippen LogP contribution is 2.06. The first kappa shape index (κ1) is 11.0. The predicted octanol–water partition coefficient (Wildman–Crippen LogP) is 1.89. The van der Waals surface area contributed by atoms with Crippen LogP contribution in [0.3, 0.4) is 0 Å². The number of carbonyl (C=O) groups is 1. The van der Waals surface area contributed by atoms with E-state index >= 15 is 0 Å². The van der Waals surface area contributed by atoms with Gasteiger partial charge in [0.1, 0.15) is 6.61 Å². The maximum Gasteiger partial charge on any atom is 0.440 e. The lowest BCUT2D eigenvalue weighted by atomic mass is 10.2. The summed E-state index contributed by atoms with van der Waals surface area (Å²) in [5.41, 5.74) is 0.696. The molecule has 0 aliphatic carbocycles. The van der Waals surface area contributed by atoms with Crippen LogP contribution in [0.4, 0.5) is 4.79 Å². The molecule has 0 saturated carbocycles. The lowest BCUT2D eigenvalue weighted by molar-refractivity contribution is 0.166. The topological polar surface area (TPSA) is 60.4 Å². The number of ether oxygens (including phenoxy) is 1. The Bertz CT molecular complexity index is 412. The largest absolute Gasteiger partial charge is 0.448 e. The SMILES string of the molecule is O=C(OCc1ccccc1)S(=O)(=O)Cl. The van der Waals surface area contributed by atoms with Crippen LogP contribution >= 0.6 is 10.7 Å². The quantitative estimate of drug-likeness (QED) is 0.579. The van der Waals surface area contributed by atoms with Gasteiger partial charge < -0.3 is 4.74 Å². The van der Waals surface area contributed by atoms with Crippen molar-refractivity contribution in [2.45, 2.75) is 6.61 Å². The average molecular weight is 235 g/mol. The van der Waals surface area contributed by atoms with Crippen molar-refractivity contribution in [1.82, 2.24) is 0 Å². The van der Waals surface area contributed by atoms with Crippen LogP contribution in [0.25, 0.3) is 0 Å². The minimum absolute atomic E-state index is 0.106. The third-order valence-corrected chi connectivity index (χ3v) is 2.29. The summed E-state index contributed by atoms with van der Waals surface area (Å²) < 4.78 is 25.3. The molecule has 0 amide bonds. The number of hydrogen-bond acceptors (Lipinski definition) is 4. The molecule has 6 heteroatoms. The van der Waals surface area contributed by atoms with E-state index in [0.717, 1.165) is 0 Å². The fourth-order valence-corrected chi connectivity index (χ4v) is 1.12. The molecule has 4 nitrogen and oxygen atoms in total. The van der Waals surface area contributed by atoms with E-state index in [1.54, 1.807) is 30.3 Å². The third kappa shape index (κ3) is 3.35. The number of halogens is 1. The van der Waals surface area contributed by atoms with Crippen LogP contribution in [0.15, 0.2) is 30.3 Å². The van der Waals surface area contributed by atoms with Gasteiger partial charge in [0.2, 0.25) is 0 Å². The number of carbonyl (C=O) groups excluding carboxylic acids is 1. The highest BCUT2D eigenvalue weighted by atomic mass is 35.7. The van der Waals surface area contributed by atoms with Gasteiger partial charge in [0, 0.05) is 10.7 Å². The second kappa shape index (κ2) is 4.43. The molecule has 0 aliphatic rings. The lowest BCUT2D eigenvalue weighted by Gasteiger charge is -2.01. The molecule has 1 rings (SSSR count). The molecule has 0 aromatic heterocycles. The first-order valence-electron chi connectivity index (χ1n) is 3.65. The highest BCUT2D eigenvalue weighted by Gasteiger charge is 2.20. The van der Waals surface area contributed by atoms with Gasteiger partial charge in [0.15, 0.2) is 0 Å². The van der Waals surface area contributed by atoms with Crippen molar-refractivity contribution in [2.75, 3.05) is 0 Å². The molecule has 0 N–H and O–H groups in total. The zero-order valence-electron chi connectivity index (χ0n) is 7.01. The van der Waals surface area contributed by atoms with Gasteiger partial charge in [-0.3, -0.25) is 0 Å². The van der Waals surface area contributed by atoms with Gasteiger partial charge in [-0.1, -0.05) is 30.3 Å². The Kier molecular flexibility index (Phi) is 3.49. The van der Waals surface area contributed by atoms with Crippen molar-refractivity contribution < 1.29 is 17.9 Å². The van der Waals surface area contributed by atoms with E-state index in [2.05, 4.69) is 4.74 Å². The van der Waals surface area contributed by atoms with Gasteiger partial charge in [-0.2, -0.15) is 8.42 Å². The Hall–Kier alpha value is -1.07. The van der Waals surface area contributed by atoms with Gasteiger partial charge in [0.25, 0.3) is 0 Å². The molecular formula is C8H7ClO4S. The molecule has 0 bridgehead atoms. The Balaban J connectivity index is 2.55. The lowest BCUT2D eigenvalue weighted by Crippen LogP contribution is -2.09. The van der Waals surface area contributed by atoms with Gasteiger partial charge in [-0.15, -0.1) is 0 Å². The first-order chi connectivity index (χ1) is 6.50. The Morgan fingerprint density at radius 1 is 1.29 bits per heavy atom. The van der Waals surface area contributed by atoms with Crippen molar-refractivity contribution in [1.29, 1.82) is 0 Å². The Morgan fingerprint density at radius 3 is 2.36 bits per heavy atom. The van der Waals surface area contributed by atoms with E-state index in [4.69, 9.17) is 10.7 Å². The van der Waals surface area contributed by atoms with Gasteiger partial charge in [0.05, 0.1) is 0 Å². The smallest absolute Gasteiger partial charge is 0.440 e. The van der Waals surface area contributed by atoms with Crippen LogP contribution in [-0.4, -0.2) is 13.7 Å². The van der Waals surface area contributed by atoms with Crippen LogP contribution < -0.4 is 0 Å². The van der Waals surface area contributed by atoms with Gasteiger partial charge in [-0.25, -0.2) is 4.79 Å². The van der Waals surface area contributed by atoms with Crippen molar-refractivity contribution >= 4 is 25.0 Å². The molecule has 0 unspecified atom stereocenters. The summed E-state index contributed by atoms with van der Waals surface area (Å²) in [5.74, 6) is 0. The number of hydrogen-bond donors (Lipinski definition) is 0. The summed E-state index contributed by atoms with van der Waals surface area (Å²) >= 11 is 0. The fourth-order valence-electron chi connectivity index (χ4n) is 0.787. The molecule has 76 valence electrons. The molecule has 0 fully saturated rings. The Labute approximate surface area is 85.9 Å². The van der Waals surface area contributed by atoms with E-state index in [9.17, 15) is 13.2 Å². The molecule has 1 aromatic rings. The van der Waals surface area contributed by atoms with E-state index in [1.807, 2.05) is 0 Å². The van der Waals surface area contributed by atoms with E-state index in [1.165, 1.54) is 0 Å². The Morgan fingerprint density at radius 2 is 1.86 bits per heavy atom. The van der Waals surface area contributed by atoms with E-state index in [0.29, 0.717) is 5.56 Å². The maximum absolute atomic E-state index is 10.7. The van der Waals surface area contributed by atoms with Crippen molar-refractivity contribution in [3.63, 3.8) is 0 Å². The van der Waals surface area contributed by atoms with Crippen LogP contribution in [0, 0.1) is 0 Å². The minimum Gasteiger partial charge on any atom is -0.448 e. The number of rotatable bonds is 2. The maximum atomic E-state index is 10.7. The third-order valence-electron chi connectivity index (χ3n) is 1.40. The molecular weight excluding hydrogens is 228 g/mol. The van der Waals surface area contributed by atoms with Crippen LogP contribution in [0.1, 0.15) is 5.56 Å². The minimum atomic E-state index is -4.26. The van der Waals surface area contributed by atoms with E-state index < -0.39 is 14.4 Å². The monoisotopic (exact) mass is 234 g/mol. The first-order valence-corrected chi connectivity index (χ1v) is 5.96. The summed E-state index contributed by atoms with van der Waals surface area (Å²) in [4.78, 5) is 10.7. The summed E-state index contributed by atoms with van der Waals surface area (Å²) in [6.07, 6.45) is 0. The highest BCUT2D eigenvalue weighted by molar-refractivity contribution is 8.25. The second-order valence-corrected chi connectivity index (χ2v) is 4.89. The predicted molar refractivity (Wildman–Crippen MR) is 51.4 cm³/mol. The average Bonchev–Trinajstić information content (AvgIpc) is 2.14. The fraction of sp³-hybridized carbons (Fsp3) is 0.125. The zero-order chi connectivity index (χ0) is 10.6. The van der Waals surface area contributed by atoms with Crippen LogP contribution in [0.2, 0.25) is 0 Å². The van der Waals surface area contributed by atoms with E-state index in [-0.39, 0.29) is 6.61 Å². The van der Waals surface area contributed by atoms with Gasteiger partial charge >= 0.3 is 14.4 Å². The van der Waals surface area contributed by atoms with Crippen molar-refractivity contribution in [2.24, 2.45) is 0 Å². The molecule has 14 heavy (non-hydrogen) atoms. The normalized spacial score (nSPS) is 10.9. The molecule has 0 heterocycles. The van der Waals surface area contributed by atoms with Crippen LogP contribution in [-0.2, 0) is 20.4 Å². The molecule has 0 spiro atoms. The number of benzene rings is 1. The van der Waals surface area contributed by atoms with Gasteiger partial charge in [-0.05, 0) is 5.56 Å². The standard InChI is InChI=1S/C8H7ClO4S/c9-14(11,12)8(10)13-6-7-4-2-1-3-5-7/h1-5H,6H2. The second-order valence-electron chi connectivity index (χ2n) is 2.46. The summed E-state index contributed by atoms with van der Waals surface area (Å²) in [6.45, 7) is -0.106. The van der Waals surface area contributed by atoms with Crippen LogP contribution in [0.5, 0.6) is 0 Å². The summed E-state index contributed by atoms with van der Waals surface area (Å²) in [6, 6.07) is 8.70. The molecule has 1 aromatic carbocycles. The van der Waals surface area contributed by atoms with Crippen molar-refractivity contribution in [3.8, 4) is 0 Å². The molecule has 0 radical (unpaired) electrons. The summed E-state index contributed by atoms with van der Waals surface area (Å²) in [7, 11) is 0.486. The molecule has 0 atom stereocenters. The molecule has 0 aliphatic heterocycles. The van der Waals surface area contributed by atoms with Crippen molar-refractivity contribution in [3.05, 3.63) is 35.9 Å².